The van der Waals surface area contributed by atoms with Crippen molar-refractivity contribution in [3.8, 4) is 0 Å². The molecule has 1 rings (SSSR count). The van der Waals surface area contributed by atoms with E-state index in [1.54, 1.807) is 14.2 Å². The first kappa shape index (κ1) is 11.0. The Bertz CT molecular complexity index is 147. The molecule has 0 aromatic heterocycles. The third-order valence-electron chi connectivity index (χ3n) is 2.20. The third-order valence-corrected chi connectivity index (χ3v) is 2.20. The lowest BCUT2D eigenvalue weighted by atomic mass is 9.91. The van der Waals surface area contributed by atoms with Crippen LogP contribution in [0.1, 0.15) is 0 Å². The number of nitrogens with one attached hydrogen (secondary N) is 1. The summed E-state index contributed by atoms with van der Waals surface area (Å²) in [5.74, 6) is 0. The average molecular weight is 185 g/mol. The van der Waals surface area contributed by atoms with Crippen LogP contribution in [0, 0.1) is 0 Å². The van der Waals surface area contributed by atoms with Crippen molar-refractivity contribution < 1.29 is 14.2 Å². The fraction of sp³-hybridized carbons (Fsp3) is 1.00. The Morgan fingerprint density at radius 1 is 1.54 bits per heavy atom. The van der Waals surface area contributed by atoms with E-state index >= 15 is 0 Å². The fourth-order valence-corrected chi connectivity index (χ4v) is 1.41. The molecule has 13 heavy (non-hydrogen) atoms. The summed E-state index contributed by atoms with van der Waals surface area (Å²) in [5, 5.41) is 3.23. The molecular formula is C8H16BNO3. The number of rotatable bonds is 5. The molecule has 1 heterocycles. The van der Waals surface area contributed by atoms with E-state index in [1.165, 1.54) is 0 Å². The van der Waals surface area contributed by atoms with Crippen LogP contribution in [0.3, 0.4) is 0 Å². The van der Waals surface area contributed by atoms with Crippen molar-refractivity contribution in [1.82, 2.24) is 5.32 Å². The van der Waals surface area contributed by atoms with E-state index in [0.717, 1.165) is 6.54 Å². The summed E-state index contributed by atoms with van der Waals surface area (Å²) in [4.78, 5) is 0. The molecule has 74 valence electrons. The SMILES string of the molecule is [B][C@@H]1OCC(OC)[C@@H]1NCCOC. The van der Waals surface area contributed by atoms with Crippen molar-refractivity contribution in [3.05, 3.63) is 0 Å². The van der Waals surface area contributed by atoms with E-state index in [1.807, 2.05) is 0 Å². The predicted molar refractivity (Wildman–Crippen MR) is 50.0 cm³/mol. The molecule has 1 aliphatic rings. The maximum Gasteiger partial charge on any atom is 0.111 e. The maximum absolute atomic E-state index is 5.72. The molecule has 4 nitrogen and oxygen atoms in total. The first-order valence-electron chi connectivity index (χ1n) is 4.42. The molecule has 0 aliphatic carbocycles. The van der Waals surface area contributed by atoms with Gasteiger partial charge in [0.05, 0.1) is 25.4 Å². The normalized spacial score (nSPS) is 33.8. The second kappa shape index (κ2) is 5.60. The summed E-state index contributed by atoms with van der Waals surface area (Å²) in [6, 6.07) is -0.207. The van der Waals surface area contributed by atoms with E-state index in [4.69, 9.17) is 22.1 Å². The van der Waals surface area contributed by atoms with Gasteiger partial charge in [0.15, 0.2) is 0 Å². The van der Waals surface area contributed by atoms with Gasteiger partial charge < -0.3 is 19.5 Å². The fourth-order valence-electron chi connectivity index (χ4n) is 1.41. The lowest BCUT2D eigenvalue weighted by Gasteiger charge is -2.21. The third kappa shape index (κ3) is 2.95. The highest BCUT2D eigenvalue weighted by Crippen LogP contribution is 2.13. The topological polar surface area (TPSA) is 39.7 Å². The largest absolute Gasteiger partial charge is 0.384 e. The van der Waals surface area contributed by atoms with Gasteiger partial charge in [-0.05, 0) is 0 Å². The van der Waals surface area contributed by atoms with Crippen LogP contribution < -0.4 is 5.32 Å². The van der Waals surface area contributed by atoms with Crippen LogP contribution >= 0.6 is 0 Å². The molecule has 0 aromatic carbocycles. The monoisotopic (exact) mass is 185 g/mol. The Morgan fingerprint density at radius 3 is 2.92 bits per heavy atom. The maximum atomic E-state index is 5.72. The molecule has 0 aromatic rings. The number of ether oxygens (including phenoxy) is 3. The molecular weight excluding hydrogens is 169 g/mol. The Hall–Kier alpha value is -0.0951. The van der Waals surface area contributed by atoms with Gasteiger partial charge in [-0.15, -0.1) is 0 Å². The van der Waals surface area contributed by atoms with E-state index in [9.17, 15) is 0 Å². The van der Waals surface area contributed by atoms with E-state index in [-0.39, 0.29) is 18.1 Å². The Balaban J connectivity index is 2.27. The van der Waals surface area contributed by atoms with Crippen molar-refractivity contribution >= 4 is 7.85 Å². The van der Waals surface area contributed by atoms with Gasteiger partial charge in [-0.25, -0.2) is 0 Å². The molecule has 1 aliphatic heterocycles. The van der Waals surface area contributed by atoms with Crippen molar-refractivity contribution in [1.29, 1.82) is 0 Å². The van der Waals surface area contributed by atoms with E-state index < -0.39 is 0 Å². The minimum absolute atomic E-state index is 0.0480. The van der Waals surface area contributed by atoms with Crippen molar-refractivity contribution in [2.45, 2.75) is 18.1 Å². The summed E-state index contributed by atoms with van der Waals surface area (Å²) < 4.78 is 15.4. The zero-order chi connectivity index (χ0) is 9.68. The zero-order valence-electron chi connectivity index (χ0n) is 8.16. The molecule has 0 saturated carbocycles. The quantitative estimate of drug-likeness (QED) is 0.446. The molecule has 1 unspecified atom stereocenters. The van der Waals surface area contributed by atoms with Crippen molar-refractivity contribution in [2.75, 3.05) is 34.0 Å². The van der Waals surface area contributed by atoms with Gasteiger partial charge in [0.1, 0.15) is 7.85 Å². The molecule has 3 atom stereocenters. The molecule has 1 N–H and O–H groups in total. The van der Waals surface area contributed by atoms with Gasteiger partial charge in [0, 0.05) is 26.8 Å². The number of hydrogen-bond acceptors (Lipinski definition) is 4. The first-order valence-corrected chi connectivity index (χ1v) is 4.42. The first-order chi connectivity index (χ1) is 6.29. The van der Waals surface area contributed by atoms with Gasteiger partial charge >= 0.3 is 0 Å². The predicted octanol–water partition coefficient (Wildman–Crippen LogP) is -0.869. The van der Waals surface area contributed by atoms with E-state index in [2.05, 4.69) is 5.32 Å². The molecule has 1 fully saturated rings. The van der Waals surface area contributed by atoms with Crippen LogP contribution in [0.25, 0.3) is 0 Å². The van der Waals surface area contributed by atoms with Crippen LogP contribution in [0.2, 0.25) is 0 Å². The lowest BCUT2D eigenvalue weighted by Crippen LogP contribution is -2.45. The molecule has 0 spiro atoms. The van der Waals surface area contributed by atoms with Gasteiger partial charge in [-0.2, -0.15) is 0 Å². The van der Waals surface area contributed by atoms with E-state index in [0.29, 0.717) is 13.2 Å². The minimum atomic E-state index is -0.276. The minimum Gasteiger partial charge on any atom is -0.384 e. The van der Waals surface area contributed by atoms with Crippen LogP contribution in [-0.4, -0.2) is 60.0 Å². The smallest absolute Gasteiger partial charge is 0.111 e. The second-order valence-electron chi connectivity index (χ2n) is 3.04. The summed E-state index contributed by atoms with van der Waals surface area (Å²) in [6.45, 7) is 1.99. The van der Waals surface area contributed by atoms with Crippen LogP contribution in [0.4, 0.5) is 0 Å². The van der Waals surface area contributed by atoms with Crippen molar-refractivity contribution in [2.24, 2.45) is 0 Å². The highest BCUT2D eigenvalue weighted by molar-refractivity contribution is 6.11. The molecule has 5 heteroatoms. The van der Waals surface area contributed by atoms with Gasteiger partial charge in [0.25, 0.3) is 0 Å². The summed E-state index contributed by atoms with van der Waals surface area (Å²) in [6.07, 6.45) is 0.0480. The standard InChI is InChI=1S/C8H16BNO3/c1-11-4-3-10-7-6(12-2)5-13-8(7)9/h6-8,10H,3-5H2,1-2H3/t6?,7-,8+/m0/s1. The molecule has 0 amide bonds. The molecule has 2 radical (unpaired) electrons. The van der Waals surface area contributed by atoms with Crippen LogP contribution in [-0.2, 0) is 14.2 Å². The molecule has 0 bridgehead atoms. The summed E-state index contributed by atoms with van der Waals surface area (Å²) in [5.41, 5.74) is 0. The number of methoxy groups -OCH3 is 2. The zero-order valence-corrected chi connectivity index (χ0v) is 8.16. The van der Waals surface area contributed by atoms with Crippen LogP contribution in [0.5, 0.6) is 0 Å². The Kier molecular flexibility index (Phi) is 4.73. The lowest BCUT2D eigenvalue weighted by molar-refractivity contribution is 0.0711. The van der Waals surface area contributed by atoms with Gasteiger partial charge in [0.2, 0.25) is 0 Å². The highest BCUT2D eigenvalue weighted by atomic mass is 16.5. The molecule has 1 saturated heterocycles. The summed E-state index contributed by atoms with van der Waals surface area (Å²) >= 11 is 0. The van der Waals surface area contributed by atoms with Gasteiger partial charge in [-0.3, -0.25) is 0 Å². The number of hydrogen-bond donors (Lipinski definition) is 1. The summed E-state index contributed by atoms with van der Waals surface area (Å²) in [7, 11) is 9.05. The average Bonchev–Trinajstić information content (AvgIpc) is 2.48. The Morgan fingerprint density at radius 2 is 2.31 bits per heavy atom. The second-order valence-corrected chi connectivity index (χ2v) is 3.04. The van der Waals surface area contributed by atoms with Crippen LogP contribution in [0.15, 0.2) is 0 Å². The highest BCUT2D eigenvalue weighted by Gasteiger charge is 2.33. The Labute approximate surface area is 80.3 Å². The van der Waals surface area contributed by atoms with Crippen molar-refractivity contribution in [3.63, 3.8) is 0 Å². The van der Waals surface area contributed by atoms with Gasteiger partial charge in [-0.1, -0.05) is 0 Å².